The summed E-state index contributed by atoms with van der Waals surface area (Å²) >= 11 is 3.46. The van der Waals surface area contributed by atoms with Gasteiger partial charge in [-0.15, -0.1) is 0 Å². The summed E-state index contributed by atoms with van der Waals surface area (Å²) < 4.78 is 0. The summed E-state index contributed by atoms with van der Waals surface area (Å²) in [5, 5.41) is 11.3. The Morgan fingerprint density at radius 3 is 1.82 bits per heavy atom. The van der Waals surface area contributed by atoms with Crippen LogP contribution in [-0.4, -0.2) is 16.0 Å². The third-order valence-electron chi connectivity index (χ3n) is 3.42. The van der Waals surface area contributed by atoms with Crippen LogP contribution in [0.4, 0.5) is 0 Å². The van der Waals surface area contributed by atoms with Crippen LogP contribution >= 0.6 is 15.9 Å². The van der Waals surface area contributed by atoms with Gasteiger partial charge in [-0.05, 0) is 26.2 Å². The minimum Gasteiger partial charge on any atom is -0.390 e. The summed E-state index contributed by atoms with van der Waals surface area (Å²) in [4.78, 5) is 0. The van der Waals surface area contributed by atoms with Crippen LogP contribution in [0.3, 0.4) is 0 Å². The third-order valence-corrected chi connectivity index (χ3v) is 3.98. The van der Waals surface area contributed by atoms with Gasteiger partial charge in [-0.1, -0.05) is 74.2 Å². The fraction of sp³-hybridized carbons (Fsp3) is 1.00. The average molecular weight is 307 g/mol. The first-order chi connectivity index (χ1) is 8.12. The number of rotatable bonds is 12. The molecule has 0 aliphatic carbocycles. The van der Waals surface area contributed by atoms with Crippen molar-refractivity contribution in [2.75, 3.05) is 5.33 Å². The molecule has 0 aromatic carbocycles. The minimum atomic E-state index is -0.411. The average Bonchev–Trinajstić information content (AvgIpc) is 2.30. The highest BCUT2D eigenvalue weighted by atomic mass is 79.9. The van der Waals surface area contributed by atoms with Crippen molar-refractivity contribution >= 4 is 15.9 Å². The lowest BCUT2D eigenvalue weighted by molar-refractivity contribution is 0.0371. The van der Waals surface area contributed by atoms with Crippen molar-refractivity contribution in [3.63, 3.8) is 0 Å². The monoisotopic (exact) mass is 306 g/mol. The molecule has 1 nitrogen and oxygen atoms in total. The Bertz CT molecular complexity index is 157. The molecule has 0 aromatic rings. The third kappa shape index (κ3) is 12.7. The maximum Gasteiger partial charge on any atom is 0.0619 e. The van der Waals surface area contributed by atoms with E-state index in [1.807, 2.05) is 6.92 Å². The normalized spacial score (nSPS) is 14.8. The molecule has 0 aliphatic heterocycles. The van der Waals surface area contributed by atoms with Crippen LogP contribution in [0.2, 0.25) is 0 Å². The van der Waals surface area contributed by atoms with Crippen molar-refractivity contribution in [2.45, 2.75) is 90.1 Å². The summed E-state index contributed by atoms with van der Waals surface area (Å²) in [6, 6.07) is 0. The van der Waals surface area contributed by atoms with Gasteiger partial charge in [0.2, 0.25) is 0 Å². The standard InChI is InChI=1S/C15H31BrO/c1-3-4-12-15(2,17)13-10-8-6-5-7-9-11-14-16/h17H,3-14H2,1-2H3. The van der Waals surface area contributed by atoms with E-state index in [9.17, 15) is 5.11 Å². The molecule has 0 heterocycles. The molecule has 17 heavy (non-hydrogen) atoms. The van der Waals surface area contributed by atoms with Crippen molar-refractivity contribution < 1.29 is 5.11 Å². The molecule has 1 N–H and O–H groups in total. The predicted molar refractivity (Wildman–Crippen MR) is 80.9 cm³/mol. The first kappa shape index (κ1) is 17.4. The molecule has 0 saturated heterocycles. The number of hydrogen-bond acceptors (Lipinski definition) is 1. The van der Waals surface area contributed by atoms with E-state index in [-0.39, 0.29) is 0 Å². The lowest BCUT2D eigenvalue weighted by atomic mass is 9.92. The topological polar surface area (TPSA) is 20.2 Å². The van der Waals surface area contributed by atoms with E-state index in [4.69, 9.17) is 0 Å². The van der Waals surface area contributed by atoms with Crippen LogP contribution in [0.25, 0.3) is 0 Å². The molecular formula is C15H31BrO. The van der Waals surface area contributed by atoms with E-state index in [0.29, 0.717) is 0 Å². The first-order valence-corrected chi connectivity index (χ1v) is 8.53. The second kappa shape index (κ2) is 11.5. The minimum absolute atomic E-state index is 0.411. The van der Waals surface area contributed by atoms with Crippen LogP contribution in [0, 0.1) is 0 Å². The fourth-order valence-corrected chi connectivity index (χ4v) is 2.56. The highest BCUT2D eigenvalue weighted by molar-refractivity contribution is 9.09. The van der Waals surface area contributed by atoms with Gasteiger partial charge in [0.05, 0.1) is 5.60 Å². The van der Waals surface area contributed by atoms with Gasteiger partial charge in [0, 0.05) is 5.33 Å². The van der Waals surface area contributed by atoms with Gasteiger partial charge in [0.25, 0.3) is 0 Å². The summed E-state index contributed by atoms with van der Waals surface area (Å²) in [7, 11) is 0. The highest BCUT2D eigenvalue weighted by Crippen LogP contribution is 2.21. The molecule has 0 radical (unpaired) electrons. The first-order valence-electron chi connectivity index (χ1n) is 7.41. The zero-order valence-electron chi connectivity index (χ0n) is 11.8. The Balaban J connectivity index is 3.26. The van der Waals surface area contributed by atoms with E-state index in [1.165, 1.54) is 51.4 Å². The molecule has 104 valence electrons. The Labute approximate surface area is 117 Å². The lowest BCUT2D eigenvalue weighted by Crippen LogP contribution is -2.23. The second-order valence-corrected chi connectivity index (χ2v) is 6.31. The molecule has 0 spiro atoms. The summed E-state index contributed by atoms with van der Waals surface area (Å²) in [6.07, 6.45) is 13.5. The second-order valence-electron chi connectivity index (χ2n) is 5.51. The van der Waals surface area contributed by atoms with E-state index < -0.39 is 5.60 Å². The van der Waals surface area contributed by atoms with Crippen molar-refractivity contribution in [2.24, 2.45) is 0 Å². The van der Waals surface area contributed by atoms with Gasteiger partial charge >= 0.3 is 0 Å². The molecule has 0 fully saturated rings. The zero-order valence-corrected chi connectivity index (χ0v) is 13.4. The molecular weight excluding hydrogens is 276 g/mol. The lowest BCUT2D eigenvalue weighted by Gasteiger charge is -2.22. The van der Waals surface area contributed by atoms with E-state index >= 15 is 0 Å². The molecule has 1 unspecified atom stereocenters. The largest absolute Gasteiger partial charge is 0.390 e. The van der Waals surface area contributed by atoms with Gasteiger partial charge in [0.1, 0.15) is 0 Å². The number of aliphatic hydroxyl groups is 1. The maximum atomic E-state index is 10.1. The van der Waals surface area contributed by atoms with Crippen molar-refractivity contribution in [3.05, 3.63) is 0 Å². The van der Waals surface area contributed by atoms with Gasteiger partial charge in [0.15, 0.2) is 0 Å². The molecule has 0 aliphatic rings. The van der Waals surface area contributed by atoms with Crippen molar-refractivity contribution in [1.29, 1.82) is 0 Å². The molecule has 0 aromatic heterocycles. The summed E-state index contributed by atoms with van der Waals surface area (Å²) in [6.45, 7) is 4.18. The van der Waals surface area contributed by atoms with E-state index in [2.05, 4.69) is 22.9 Å². The number of halogens is 1. The molecule has 1 atom stereocenters. The molecule has 0 rings (SSSR count). The van der Waals surface area contributed by atoms with Gasteiger partial charge in [-0.3, -0.25) is 0 Å². The van der Waals surface area contributed by atoms with E-state index in [1.54, 1.807) is 0 Å². The number of hydrogen-bond donors (Lipinski definition) is 1. The van der Waals surface area contributed by atoms with Crippen molar-refractivity contribution in [3.8, 4) is 0 Å². The van der Waals surface area contributed by atoms with Crippen LogP contribution in [0.5, 0.6) is 0 Å². The summed E-state index contributed by atoms with van der Waals surface area (Å²) in [5.74, 6) is 0. The SMILES string of the molecule is CCCCC(C)(O)CCCCCCCCCBr. The van der Waals surface area contributed by atoms with Crippen LogP contribution in [0.1, 0.15) is 84.5 Å². The van der Waals surface area contributed by atoms with Gasteiger partial charge in [-0.25, -0.2) is 0 Å². The Morgan fingerprint density at radius 2 is 1.29 bits per heavy atom. The molecule has 0 bridgehead atoms. The zero-order chi connectivity index (χ0) is 13.0. The molecule has 0 amide bonds. The van der Waals surface area contributed by atoms with Gasteiger partial charge in [-0.2, -0.15) is 0 Å². The molecule has 0 saturated carbocycles. The fourth-order valence-electron chi connectivity index (χ4n) is 2.17. The number of alkyl halides is 1. The Morgan fingerprint density at radius 1 is 0.824 bits per heavy atom. The van der Waals surface area contributed by atoms with Crippen LogP contribution < -0.4 is 0 Å². The molecule has 2 heteroatoms. The summed E-state index contributed by atoms with van der Waals surface area (Å²) in [5.41, 5.74) is -0.411. The highest BCUT2D eigenvalue weighted by Gasteiger charge is 2.18. The van der Waals surface area contributed by atoms with Crippen LogP contribution in [0.15, 0.2) is 0 Å². The quantitative estimate of drug-likeness (QED) is 0.376. The van der Waals surface area contributed by atoms with Crippen LogP contribution in [-0.2, 0) is 0 Å². The van der Waals surface area contributed by atoms with Gasteiger partial charge < -0.3 is 5.11 Å². The van der Waals surface area contributed by atoms with Crippen molar-refractivity contribution in [1.82, 2.24) is 0 Å². The van der Waals surface area contributed by atoms with E-state index in [0.717, 1.165) is 24.6 Å². The predicted octanol–water partition coefficient (Wildman–Crippen LogP) is 5.44. The Hall–Kier alpha value is 0.440. The smallest absolute Gasteiger partial charge is 0.0619 e. The Kier molecular flexibility index (Phi) is 11.8. The maximum absolute atomic E-state index is 10.1. The number of unbranched alkanes of at least 4 members (excludes halogenated alkanes) is 7.